The van der Waals surface area contributed by atoms with E-state index in [2.05, 4.69) is 0 Å². The summed E-state index contributed by atoms with van der Waals surface area (Å²) in [6, 6.07) is 4.07. The van der Waals surface area contributed by atoms with Gasteiger partial charge < -0.3 is 5.73 Å². The molecule has 4 nitrogen and oxygen atoms in total. The normalized spacial score (nSPS) is 17.9. The van der Waals surface area contributed by atoms with Crippen molar-refractivity contribution in [1.82, 2.24) is 4.31 Å². The van der Waals surface area contributed by atoms with Crippen molar-refractivity contribution in [3.05, 3.63) is 29.6 Å². The molecule has 1 fully saturated rings. The third kappa shape index (κ3) is 2.41. The van der Waals surface area contributed by atoms with Gasteiger partial charge in [-0.15, -0.1) is 0 Å². The Morgan fingerprint density at radius 1 is 1.22 bits per heavy atom. The molecular weight excluding hydrogens is 255 g/mol. The van der Waals surface area contributed by atoms with Crippen molar-refractivity contribution in [1.29, 1.82) is 0 Å². The summed E-state index contributed by atoms with van der Waals surface area (Å²) in [5, 5.41) is 0. The SMILES string of the molecule is NCc1c(F)cccc1S(=O)(=O)N1CCCCC1. The van der Waals surface area contributed by atoms with Gasteiger partial charge in [0.15, 0.2) is 0 Å². The van der Waals surface area contributed by atoms with Crippen molar-refractivity contribution in [2.45, 2.75) is 30.7 Å². The molecule has 0 radical (unpaired) electrons. The minimum atomic E-state index is -3.61. The largest absolute Gasteiger partial charge is 0.326 e. The average Bonchev–Trinajstić information content (AvgIpc) is 2.39. The van der Waals surface area contributed by atoms with E-state index in [9.17, 15) is 12.8 Å². The van der Waals surface area contributed by atoms with Crippen LogP contribution in [0.5, 0.6) is 0 Å². The maximum absolute atomic E-state index is 13.6. The summed E-state index contributed by atoms with van der Waals surface area (Å²) in [5.41, 5.74) is 5.53. The number of piperidine rings is 1. The molecule has 18 heavy (non-hydrogen) atoms. The molecule has 0 saturated carbocycles. The monoisotopic (exact) mass is 272 g/mol. The van der Waals surface area contributed by atoms with Crippen LogP contribution >= 0.6 is 0 Å². The average molecular weight is 272 g/mol. The summed E-state index contributed by atoms with van der Waals surface area (Å²) >= 11 is 0. The van der Waals surface area contributed by atoms with Gasteiger partial charge in [-0.1, -0.05) is 12.5 Å². The molecule has 1 aromatic rings. The van der Waals surface area contributed by atoms with Gasteiger partial charge in [0.05, 0.1) is 4.90 Å². The molecule has 0 unspecified atom stereocenters. The van der Waals surface area contributed by atoms with Gasteiger partial charge in [0.25, 0.3) is 0 Å². The topological polar surface area (TPSA) is 63.4 Å². The molecule has 2 rings (SSSR count). The standard InChI is InChI=1S/C12H17FN2O2S/c13-11-5-4-6-12(10(11)9-14)18(16,17)15-7-2-1-3-8-15/h4-6H,1-3,7-9,14H2. The van der Waals surface area contributed by atoms with Crippen molar-refractivity contribution in [3.8, 4) is 0 Å². The number of halogens is 1. The zero-order chi connectivity index (χ0) is 13.2. The molecular formula is C12H17FN2O2S. The van der Waals surface area contributed by atoms with E-state index in [1.54, 1.807) is 0 Å². The zero-order valence-corrected chi connectivity index (χ0v) is 10.9. The summed E-state index contributed by atoms with van der Waals surface area (Å²) in [4.78, 5) is 0.00639. The molecule has 0 amide bonds. The van der Waals surface area contributed by atoms with Crippen LogP contribution in [0.4, 0.5) is 4.39 Å². The second-order valence-corrected chi connectivity index (χ2v) is 6.29. The number of rotatable bonds is 3. The van der Waals surface area contributed by atoms with Gasteiger partial charge in [0, 0.05) is 25.2 Å². The summed E-state index contributed by atoms with van der Waals surface area (Å²) in [6.07, 6.45) is 2.75. The highest BCUT2D eigenvalue weighted by Gasteiger charge is 2.28. The fourth-order valence-corrected chi connectivity index (χ4v) is 3.98. The quantitative estimate of drug-likeness (QED) is 0.906. The highest BCUT2D eigenvalue weighted by Crippen LogP contribution is 2.24. The van der Waals surface area contributed by atoms with E-state index in [-0.39, 0.29) is 17.0 Å². The molecule has 1 aliphatic heterocycles. The molecule has 6 heteroatoms. The van der Waals surface area contributed by atoms with Crippen molar-refractivity contribution in [2.24, 2.45) is 5.73 Å². The van der Waals surface area contributed by atoms with Gasteiger partial charge in [0.1, 0.15) is 5.82 Å². The second kappa shape index (κ2) is 5.34. The van der Waals surface area contributed by atoms with E-state index < -0.39 is 15.8 Å². The number of sulfonamides is 1. The first kappa shape index (κ1) is 13.5. The van der Waals surface area contributed by atoms with Crippen LogP contribution in [0.1, 0.15) is 24.8 Å². The lowest BCUT2D eigenvalue weighted by Crippen LogP contribution is -2.36. The van der Waals surface area contributed by atoms with E-state index in [4.69, 9.17) is 5.73 Å². The lowest BCUT2D eigenvalue weighted by molar-refractivity contribution is 0.346. The predicted octanol–water partition coefficient (Wildman–Crippen LogP) is 1.46. The Kier molecular flexibility index (Phi) is 3.99. The van der Waals surface area contributed by atoms with E-state index in [0.717, 1.165) is 19.3 Å². The Morgan fingerprint density at radius 3 is 2.50 bits per heavy atom. The van der Waals surface area contributed by atoms with Crippen molar-refractivity contribution in [2.75, 3.05) is 13.1 Å². The Morgan fingerprint density at radius 2 is 1.89 bits per heavy atom. The summed E-state index contributed by atoms with van der Waals surface area (Å²) in [6.45, 7) is 0.890. The van der Waals surface area contributed by atoms with E-state index in [1.165, 1.54) is 22.5 Å². The van der Waals surface area contributed by atoms with Crippen LogP contribution < -0.4 is 5.73 Å². The first-order chi connectivity index (χ1) is 8.57. The van der Waals surface area contributed by atoms with E-state index in [0.29, 0.717) is 13.1 Å². The van der Waals surface area contributed by atoms with Gasteiger partial charge in [-0.3, -0.25) is 0 Å². The van der Waals surface area contributed by atoms with Crippen LogP contribution in [0.25, 0.3) is 0 Å². The maximum Gasteiger partial charge on any atom is 0.243 e. The third-order valence-electron chi connectivity index (χ3n) is 3.21. The van der Waals surface area contributed by atoms with E-state index in [1.807, 2.05) is 0 Å². The minimum absolute atomic E-state index is 0.00639. The Bertz CT molecular complexity index is 525. The number of nitrogens with two attached hydrogens (primary N) is 1. The van der Waals surface area contributed by atoms with Crippen LogP contribution in [0.2, 0.25) is 0 Å². The van der Waals surface area contributed by atoms with Crippen LogP contribution in [0.3, 0.4) is 0 Å². The van der Waals surface area contributed by atoms with Gasteiger partial charge >= 0.3 is 0 Å². The lowest BCUT2D eigenvalue weighted by atomic mass is 10.2. The number of hydrogen-bond donors (Lipinski definition) is 1. The molecule has 1 heterocycles. The van der Waals surface area contributed by atoms with Gasteiger partial charge in [0.2, 0.25) is 10.0 Å². The van der Waals surface area contributed by atoms with Gasteiger partial charge in [-0.05, 0) is 25.0 Å². The molecule has 0 atom stereocenters. The fraction of sp³-hybridized carbons (Fsp3) is 0.500. The lowest BCUT2D eigenvalue weighted by Gasteiger charge is -2.26. The van der Waals surface area contributed by atoms with Crippen LogP contribution in [0.15, 0.2) is 23.1 Å². The van der Waals surface area contributed by atoms with Crippen molar-refractivity contribution >= 4 is 10.0 Å². The maximum atomic E-state index is 13.6. The Balaban J connectivity index is 2.43. The van der Waals surface area contributed by atoms with Crippen molar-refractivity contribution < 1.29 is 12.8 Å². The van der Waals surface area contributed by atoms with Crippen LogP contribution in [-0.4, -0.2) is 25.8 Å². The summed E-state index contributed by atoms with van der Waals surface area (Å²) in [7, 11) is -3.61. The Labute approximate surface area is 107 Å². The second-order valence-electron chi connectivity index (χ2n) is 4.39. The van der Waals surface area contributed by atoms with Crippen molar-refractivity contribution in [3.63, 3.8) is 0 Å². The van der Waals surface area contributed by atoms with Crippen LogP contribution in [-0.2, 0) is 16.6 Å². The molecule has 2 N–H and O–H groups in total. The molecule has 1 saturated heterocycles. The fourth-order valence-electron chi connectivity index (χ4n) is 2.22. The predicted molar refractivity (Wildman–Crippen MR) is 66.9 cm³/mol. The van der Waals surface area contributed by atoms with Crippen LogP contribution in [0, 0.1) is 5.82 Å². The first-order valence-corrected chi connectivity index (χ1v) is 7.49. The smallest absolute Gasteiger partial charge is 0.243 e. The Hall–Kier alpha value is -0.980. The molecule has 0 bridgehead atoms. The summed E-state index contributed by atoms with van der Waals surface area (Å²) < 4.78 is 39.9. The molecule has 0 aliphatic carbocycles. The molecule has 0 aromatic heterocycles. The number of hydrogen-bond acceptors (Lipinski definition) is 3. The number of benzene rings is 1. The van der Waals surface area contributed by atoms with Gasteiger partial charge in [-0.2, -0.15) is 4.31 Å². The molecule has 0 spiro atoms. The highest BCUT2D eigenvalue weighted by atomic mass is 32.2. The molecule has 100 valence electrons. The highest BCUT2D eigenvalue weighted by molar-refractivity contribution is 7.89. The third-order valence-corrected chi connectivity index (χ3v) is 5.20. The molecule has 1 aromatic carbocycles. The zero-order valence-electron chi connectivity index (χ0n) is 10.1. The molecule has 1 aliphatic rings. The minimum Gasteiger partial charge on any atom is -0.326 e. The summed E-state index contributed by atoms with van der Waals surface area (Å²) in [5.74, 6) is -0.560. The van der Waals surface area contributed by atoms with E-state index >= 15 is 0 Å². The number of nitrogens with zero attached hydrogens (tertiary/aromatic N) is 1. The first-order valence-electron chi connectivity index (χ1n) is 6.05. The van der Waals surface area contributed by atoms with Gasteiger partial charge in [-0.25, -0.2) is 12.8 Å².